The number of hydrogen-bond donors (Lipinski definition) is 2. The van der Waals surface area contributed by atoms with Crippen molar-refractivity contribution < 1.29 is 4.79 Å². The third-order valence-electron chi connectivity index (χ3n) is 2.48. The van der Waals surface area contributed by atoms with Crippen molar-refractivity contribution in [2.45, 2.75) is 26.3 Å². The third kappa shape index (κ3) is 3.32. The fourth-order valence-electron chi connectivity index (χ4n) is 1.40. The molecule has 1 amide bonds. The molecule has 1 aromatic heterocycles. The largest absolute Gasteiger partial charge is 0.348 e. The highest BCUT2D eigenvalue weighted by molar-refractivity contribution is 7.10. The highest BCUT2D eigenvalue weighted by Crippen LogP contribution is 2.18. The van der Waals surface area contributed by atoms with E-state index in [4.69, 9.17) is 5.73 Å². The Bertz CT molecular complexity index is 294. The van der Waals surface area contributed by atoms with Crippen LogP contribution in [-0.4, -0.2) is 12.5 Å². The van der Waals surface area contributed by atoms with Gasteiger partial charge in [0.25, 0.3) is 0 Å². The highest BCUT2D eigenvalue weighted by Gasteiger charge is 2.17. The van der Waals surface area contributed by atoms with Crippen molar-refractivity contribution in [2.24, 2.45) is 11.7 Å². The van der Waals surface area contributed by atoms with Gasteiger partial charge in [-0.2, -0.15) is 0 Å². The Labute approximate surface area is 94.7 Å². The molecule has 1 rings (SSSR count). The Balaban J connectivity index is 2.51. The van der Waals surface area contributed by atoms with Crippen LogP contribution < -0.4 is 11.1 Å². The van der Waals surface area contributed by atoms with Crippen molar-refractivity contribution in [1.82, 2.24) is 5.32 Å². The van der Waals surface area contributed by atoms with Gasteiger partial charge in [-0.15, -0.1) is 11.3 Å². The Morgan fingerprint density at radius 1 is 1.67 bits per heavy atom. The molecule has 1 unspecified atom stereocenters. The van der Waals surface area contributed by atoms with Crippen LogP contribution in [0, 0.1) is 5.92 Å². The summed E-state index contributed by atoms with van der Waals surface area (Å²) in [5, 5.41) is 4.99. The molecule has 0 aliphatic carbocycles. The number of thiophene rings is 1. The average Bonchev–Trinajstić information content (AvgIpc) is 2.72. The normalized spacial score (nSPS) is 14.6. The van der Waals surface area contributed by atoms with Crippen molar-refractivity contribution in [3.8, 4) is 0 Å². The van der Waals surface area contributed by atoms with E-state index in [2.05, 4.69) is 5.32 Å². The van der Waals surface area contributed by atoms with Gasteiger partial charge in [0.1, 0.15) is 0 Å². The summed E-state index contributed by atoms with van der Waals surface area (Å²) < 4.78 is 0. The molecule has 3 nitrogen and oxygen atoms in total. The molecule has 0 spiro atoms. The molecule has 0 bridgehead atoms. The highest BCUT2D eigenvalue weighted by atomic mass is 32.1. The minimum absolute atomic E-state index is 0.0564. The van der Waals surface area contributed by atoms with Crippen LogP contribution in [0.3, 0.4) is 0 Å². The van der Waals surface area contributed by atoms with Gasteiger partial charge < -0.3 is 11.1 Å². The van der Waals surface area contributed by atoms with Crippen molar-refractivity contribution in [3.05, 3.63) is 22.4 Å². The zero-order chi connectivity index (χ0) is 11.3. The van der Waals surface area contributed by atoms with E-state index in [1.165, 1.54) is 4.88 Å². The van der Waals surface area contributed by atoms with E-state index < -0.39 is 0 Å². The van der Waals surface area contributed by atoms with Gasteiger partial charge in [-0.1, -0.05) is 13.0 Å². The molecule has 0 aliphatic rings. The number of amides is 1. The monoisotopic (exact) mass is 226 g/mol. The van der Waals surface area contributed by atoms with E-state index in [9.17, 15) is 4.79 Å². The van der Waals surface area contributed by atoms with Crippen LogP contribution in [0.2, 0.25) is 0 Å². The second kappa shape index (κ2) is 5.88. The first-order valence-electron chi connectivity index (χ1n) is 5.22. The Kier molecular flexibility index (Phi) is 4.78. The van der Waals surface area contributed by atoms with E-state index in [0.29, 0.717) is 6.54 Å². The van der Waals surface area contributed by atoms with Crippen LogP contribution in [0.15, 0.2) is 17.5 Å². The predicted molar refractivity (Wildman–Crippen MR) is 63.7 cm³/mol. The summed E-state index contributed by atoms with van der Waals surface area (Å²) in [5.74, 6) is -0.00619. The number of carbonyl (C=O) groups is 1. The Morgan fingerprint density at radius 2 is 2.40 bits per heavy atom. The first-order chi connectivity index (χ1) is 7.19. The zero-order valence-corrected chi connectivity index (χ0v) is 10.0. The van der Waals surface area contributed by atoms with E-state index in [1.54, 1.807) is 11.3 Å². The first kappa shape index (κ1) is 12.2. The van der Waals surface area contributed by atoms with Crippen LogP contribution in [0.4, 0.5) is 0 Å². The first-order valence-corrected chi connectivity index (χ1v) is 6.10. The molecule has 0 aliphatic heterocycles. The quantitative estimate of drug-likeness (QED) is 0.806. The molecule has 0 radical (unpaired) electrons. The SMILES string of the molecule is CCC(CN)C(=O)N[C@H](C)c1cccs1. The summed E-state index contributed by atoms with van der Waals surface area (Å²) in [7, 11) is 0. The number of hydrogen-bond acceptors (Lipinski definition) is 3. The second-order valence-electron chi connectivity index (χ2n) is 3.59. The Morgan fingerprint density at radius 3 is 2.87 bits per heavy atom. The summed E-state index contributed by atoms with van der Waals surface area (Å²) in [6.45, 7) is 4.39. The molecule has 2 atom stereocenters. The minimum Gasteiger partial charge on any atom is -0.348 e. The molecule has 1 aromatic rings. The standard InChI is InChI=1S/C11H18N2OS/c1-3-9(7-12)11(14)13-8(2)10-5-4-6-15-10/h4-6,8-9H,3,7,12H2,1-2H3,(H,13,14)/t8-,9?/m1/s1. The van der Waals surface area contributed by atoms with Gasteiger partial charge in [0.15, 0.2) is 0 Å². The maximum Gasteiger partial charge on any atom is 0.224 e. The smallest absolute Gasteiger partial charge is 0.224 e. The lowest BCUT2D eigenvalue weighted by Gasteiger charge is -2.17. The van der Waals surface area contributed by atoms with Gasteiger partial charge in [0.05, 0.1) is 6.04 Å². The molecule has 84 valence electrons. The average molecular weight is 226 g/mol. The van der Waals surface area contributed by atoms with E-state index in [-0.39, 0.29) is 17.9 Å². The number of nitrogens with two attached hydrogens (primary N) is 1. The molecule has 0 saturated heterocycles. The van der Waals surface area contributed by atoms with Crippen LogP contribution in [0.1, 0.15) is 31.2 Å². The number of nitrogens with one attached hydrogen (secondary N) is 1. The lowest BCUT2D eigenvalue weighted by molar-refractivity contribution is -0.125. The fourth-order valence-corrected chi connectivity index (χ4v) is 2.13. The molecule has 0 fully saturated rings. The molecule has 0 aromatic carbocycles. The van der Waals surface area contributed by atoms with Gasteiger partial charge in [-0.25, -0.2) is 0 Å². The topological polar surface area (TPSA) is 55.1 Å². The van der Waals surface area contributed by atoms with Crippen molar-refractivity contribution in [1.29, 1.82) is 0 Å². The molecule has 1 heterocycles. The summed E-state index contributed by atoms with van der Waals surface area (Å²) in [5.41, 5.74) is 5.52. The van der Waals surface area contributed by atoms with Gasteiger partial charge in [0, 0.05) is 17.3 Å². The molecule has 3 N–H and O–H groups in total. The molecule has 0 saturated carbocycles. The van der Waals surface area contributed by atoms with Crippen LogP contribution in [-0.2, 0) is 4.79 Å². The van der Waals surface area contributed by atoms with E-state index in [1.807, 2.05) is 31.4 Å². The van der Waals surface area contributed by atoms with Gasteiger partial charge in [-0.3, -0.25) is 4.79 Å². The van der Waals surface area contributed by atoms with Crippen molar-refractivity contribution >= 4 is 17.2 Å². The summed E-state index contributed by atoms with van der Waals surface area (Å²) in [4.78, 5) is 12.9. The van der Waals surface area contributed by atoms with Crippen LogP contribution >= 0.6 is 11.3 Å². The van der Waals surface area contributed by atoms with E-state index in [0.717, 1.165) is 6.42 Å². The molecular weight excluding hydrogens is 208 g/mol. The second-order valence-corrected chi connectivity index (χ2v) is 4.57. The van der Waals surface area contributed by atoms with Gasteiger partial charge in [0.2, 0.25) is 5.91 Å². The minimum atomic E-state index is -0.0626. The van der Waals surface area contributed by atoms with Gasteiger partial charge >= 0.3 is 0 Å². The van der Waals surface area contributed by atoms with Gasteiger partial charge in [-0.05, 0) is 24.8 Å². The van der Waals surface area contributed by atoms with Crippen LogP contribution in [0.25, 0.3) is 0 Å². The van der Waals surface area contributed by atoms with Crippen molar-refractivity contribution in [3.63, 3.8) is 0 Å². The Hall–Kier alpha value is -0.870. The molecule has 15 heavy (non-hydrogen) atoms. The summed E-state index contributed by atoms with van der Waals surface area (Å²) in [6.07, 6.45) is 0.791. The molecule has 4 heteroatoms. The lowest BCUT2D eigenvalue weighted by Crippen LogP contribution is -2.35. The maximum atomic E-state index is 11.7. The summed E-state index contributed by atoms with van der Waals surface area (Å²) in [6, 6.07) is 4.10. The van der Waals surface area contributed by atoms with Crippen LogP contribution in [0.5, 0.6) is 0 Å². The van der Waals surface area contributed by atoms with E-state index >= 15 is 0 Å². The third-order valence-corrected chi connectivity index (χ3v) is 3.53. The number of rotatable bonds is 5. The summed E-state index contributed by atoms with van der Waals surface area (Å²) >= 11 is 1.65. The lowest BCUT2D eigenvalue weighted by atomic mass is 10.1. The number of carbonyl (C=O) groups excluding carboxylic acids is 1. The predicted octanol–water partition coefficient (Wildman–Crippen LogP) is 1.91. The maximum absolute atomic E-state index is 11.7. The zero-order valence-electron chi connectivity index (χ0n) is 9.19. The van der Waals surface area contributed by atoms with Crippen molar-refractivity contribution in [2.75, 3.05) is 6.54 Å². The fraction of sp³-hybridized carbons (Fsp3) is 0.545. The molecular formula is C11H18N2OS.